The highest BCUT2D eigenvalue weighted by atomic mass is 35.5. The van der Waals surface area contributed by atoms with Gasteiger partial charge in [-0.15, -0.1) is 0 Å². The Morgan fingerprint density at radius 2 is 1.70 bits per heavy atom. The molecule has 0 bridgehead atoms. The van der Waals surface area contributed by atoms with Crippen molar-refractivity contribution in [3.8, 4) is 5.75 Å². The van der Waals surface area contributed by atoms with Crippen LogP contribution in [0.15, 0.2) is 24.3 Å². The van der Waals surface area contributed by atoms with Crippen molar-refractivity contribution in [3.63, 3.8) is 0 Å². The van der Waals surface area contributed by atoms with Gasteiger partial charge in [0.2, 0.25) is 0 Å². The summed E-state index contributed by atoms with van der Waals surface area (Å²) in [6.45, 7) is 0.496. The lowest BCUT2D eigenvalue weighted by Gasteiger charge is -2.42. The van der Waals surface area contributed by atoms with Crippen molar-refractivity contribution in [2.45, 2.75) is 44.4 Å². The fourth-order valence-corrected chi connectivity index (χ4v) is 3.59. The molecule has 0 spiro atoms. The number of halogens is 1. The molecule has 1 aromatic rings. The van der Waals surface area contributed by atoms with Crippen molar-refractivity contribution < 1.29 is 42.7 Å². The summed E-state index contributed by atoms with van der Waals surface area (Å²) in [6, 6.07) is 7.08. The zero-order valence-corrected chi connectivity index (χ0v) is 19.2. The molecule has 0 aliphatic carbocycles. The number of ether oxygens (including phenoxy) is 1. The Balaban J connectivity index is 2.28. The molecule has 9 nitrogen and oxygen atoms in total. The fraction of sp³-hybridized carbons (Fsp3) is 0.632. The molecule has 0 saturated carbocycles. The molecule has 1 rings (SSSR count). The number of phosphoric acid groups is 1. The van der Waals surface area contributed by atoms with E-state index in [-0.39, 0.29) is 11.1 Å². The minimum Gasteiger partial charge on any atom is -0.804 e. The first-order chi connectivity index (χ1) is 13.9. The molecule has 0 fully saturated rings. The van der Waals surface area contributed by atoms with Crippen molar-refractivity contribution in [1.82, 2.24) is 0 Å². The number of hydrogen-bond donors (Lipinski definition) is 2. The lowest BCUT2D eigenvalue weighted by atomic mass is 10.2. The predicted octanol–water partition coefficient (Wildman–Crippen LogP) is 2.65. The van der Waals surface area contributed by atoms with Crippen LogP contribution in [0, 0.1) is 0 Å². The number of likely N-dealkylation sites (N-methyl/N-ethyl adjacent to an activating group) is 1. The molecule has 2 N–H and O–H groups in total. The van der Waals surface area contributed by atoms with Gasteiger partial charge in [-0.05, 0) is 43.5 Å². The first-order valence-electron chi connectivity index (χ1n) is 9.63. The summed E-state index contributed by atoms with van der Waals surface area (Å²) in [4.78, 5) is 20.8. The smallest absolute Gasteiger partial charge is 0.472 e. The Labute approximate surface area is 182 Å². The molecule has 11 heteroatoms. The molecule has 3 unspecified atom stereocenters. The van der Waals surface area contributed by atoms with E-state index in [1.54, 1.807) is 45.4 Å². The fourth-order valence-electron chi connectivity index (χ4n) is 2.52. The van der Waals surface area contributed by atoms with Crippen LogP contribution in [0.25, 0.3) is 0 Å². The summed E-state index contributed by atoms with van der Waals surface area (Å²) >= 11 is 5.80. The van der Waals surface area contributed by atoms with E-state index in [0.717, 1.165) is 25.0 Å². The Bertz CT molecular complexity index is 695. The summed E-state index contributed by atoms with van der Waals surface area (Å²) in [5.41, 5.74) is 0. The molecule has 0 aromatic heterocycles. The van der Waals surface area contributed by atoms with E-state index >= 15 is 0 Å². The van der Waals surface area contributed by atoms with Crippen molar-refractivity contribution in [3.05, 3.63) is 29.3 Å². The first kappa shape index (κ1) is 26.8. The number of hydrogen-bond acceptors (Lipinski definition) is 6. The maximum atomic E-state index is 12.3. The maximum absolute atomic E-state index is 12.3. The van der Waals surface area contributed by atoms with Crippen LogP contribution in [0.4, 0.5) is 0 Å². The molecule has 0 amide bonds. The van der Waals surface area contributed by atoms with Crippen molar-refractivity contribution in [2.24, 2.45) is 0 Å². The molecule has 3 atom stereocenters. The second-order valence-corrected chi connectivity index (χ2v) is 9.61. The van der Waals surface area contributed by atoms with Crippen molar-refractivity contribution in [2.75, 3.05) is 34.4 Å². The molecule has 30 heavy (non-hydrogen) atoms. The number of quaternary nitrogens is 1. The van der Waals surface area contributed by atoms with Crippen LogP contribution >= 0.6 is 19.4 Å². The highest BCUT2D eigenvalue weighted by molar-refractivity contribution is 7.47. The van der Waals surface area contributed by atoms with Crippen LogP contribution in [-0.4, -0.2) is 67.1 Å². The zero-order chi connectivity index (χ0) is 22.8. The van der Waals surface area contributed by atoms with Crippen molar-refractivity contribution in [1.29, 1.82) is 0 Å². The highest BCUT2D eigenvalue weighted by Gasteiger charge is 2.34. The first-order valence-corrected chi connectivity index (χ1v) is 11.5. The van der Waals surface area contributed by atoms with E-state index in [4.69, 9.17) is 30.5 Å². The molecule has 0 aliphatic heterocycles. The standard InChI is InChI=1S/C19H31ClNO8P/c1-21(2,3)19(24)17(14-18(22)23)29-30(25,26)28-13-7-5-4-6-12-27-16-10-8-15(20)9-11-16/h8-11,17,19H,4-7,12-14H2,1-3H3,(H,22,23)(H,25,26). The SMILES string of the molecule is C[N+](C)(C)C([O-])C(CC(=O)O)OP(=O)(O)OCCCCCCOc1ccc(Cl)cc1. The molecular formula is C19H31ClNO8P. The Kier molecular flexibility index (Phi) is 11.3. The number of aliphatic carboxylic acids is 1. The number of nitrogens with zero attached hydrogens (tertiary/aromatic N) is 1. The minimum atomic E-state index is -4.54. The average Bonchev–Trinajstić information content (AvgIpc) is 2.62. The van der Waals surface area contributed by atoms with Gasteiger partial charge in [-0.25, -0.2) is 4.57 Å². The van der Waals surface area contributed by atoms with Crippen LogP contribution in [0.5, 0.6) is 5.75 Å². The predicted molar refractivity (Wildman–Crippen MR) is 110 cm³/mol. The van der Waals surface area contributed by atoms with Gasteiger partial charge >= 0.3 is 13.8 Å². The molecule has 1 aromatic carbocycles. The summed E-state index contributed by atoms with van der Waals surface area (Å²) < 4.78 is 27.3. The van der Waals surface area contributed by atoms with Gasteiger partial charge in [0.05, 0.1) is 40.8 Å². The number of carboxylic acids is 1. The van der Waals surface area contributed by atoms with E-state index in [0.29, 0.717) is 18.1 Å². The largest absolute Gasteiger partial charge is 0.804 e. The monoisotopic (exact) mass is 467 g/mol. The second-order valence-electron chi connectivity index (χ2n) is 7.77. The van der Waals surface area contributed by atoms with Crippen LogP contribution in [0.1, 0.15) is 32.1 Å². The molecule has 0 aliphatic rings. The topological polar surface area (TPSA) is 125 Å². The number of carboxylic acid groups (broad SMARTS) is 1. The van der Waals surface area contributed by atoms with Crippen molar-refractivity contribution >= 4 is 25.4 Å². The van der Waals surface area contributed by atoms with Crippen LogP contribution in [0.2, 0.25) is 5.02 Å². The molecule has 0 saturated heterocycles. The second kappa shape index (κ2) is 12.6. The third-order valence-corrected chi connectivity index (χ3v) is 5.40. The highest BCUT2D eigenvalue weighted by Crippen LogP contribution is 2.45. The summed E-state index contributed by atoms with van der Waals surface area (Å²) in [5, 5.41) is 21.9. The molecule has 172 valence electrons. The average molecular weight is 468 g/mol. The number of benzene rings is 1. The van der Waals surface area contributed by atoms with E-state index in [9.17, 15) is 19.4 Å². The third kappa shape index (κ3) is 11.3. The quantitative estimate of drug-likeness (QED) is 0.174. The Morgan fingerprint density at radius 1 is 1.13 bits per heavy atom. The molecular weight excluding hydrogens is 437 g/mol. The van der Waals surface area contributed by atoms with E-state index in [1.165, 1.54) is 0 Å². The lowest BCUT2D eigenvalue weighted by Crippen LogP contribution is -2.60. The Hall–Kier alpha value is -1.19. The van der Waals surface area contributed by atoms with Gasteiger partial charge in [0.1, 0.15) is 11.9 Å². The van der Waals surface area contributed by atoms with Crippen LogP contribution in [-0.2, 0) is 18.4 Å². The van der Waals surface area contributed by atoms with Crippen LogP contribution in [0.3, 0.4) is 0 Å². The summed E-state index contributed by atoms with van der Waals surface area (Å²) in [5.74, 6) is -0.558. The van der Waals surface area contributed by atoms with E-state index in [2.05, 4.69) is 0 Å². The van der Waals surface area contributed by atoms with E-state index in [1.807, 2.05) is 0 Å². The van der Waals surface area contributed by atoms with Crippen LogP contribution < -0.4 is 9.84 Å². The van der Waals surface area contributed by atoms with Gasteiger partial charge in [0.25, 0.3) is 0 Å². The van der Waals surface area contributed by atoms with Gasteiger partial charge < -0.3 is 24.3 Å². The number of phosphoric ester groups is 1. The van der Waals surface area contributed by atoms with E-state index < -0.39 is 32.5 Å². The van der Waals surface area contributed by atoms with Gasteiger partial charge in [0, 0.05) is 11.3 Å². The maximum Gasteiger partial charge on any atom is 0.472 e. The number of unbranched alkanes of at least 4 members (excludes halogenated alkanes) is 3. The van der Waals surface area contributed by atoms with Gasteiger partial charge in [-0.3, -0.25) is 13.8 Å². The minimum absolute atomic E-state index is 0.0422. The number of rotatable bonds is 15. The van der Waals surface area contributed by atoms with Gasteiger partial charge in [-0.1, -0.05) is 18.0 Å². The normalized spacial score (nSPS) is 15.9. The molecule has 0 radical (unpaired) electrons. The third-order valence-electron chi connectivity index (χ3n) is 4.10. The van der Waals surface area contributed by atoms with Gasteiger partial charge in [-0.2, -0.15) is 0 Å². The number of carbonyl (C=O) groups is 1. The Morgan fingerprint density at radius 3 is 2.23 bits per heavy atom. The zero-order valence-electron chi connectivity index (χ0n) is 17.5. The summed E-state index contributed by atoms with van der Waals surface area (Å²) in [6.07, 6.45) is -0.864. The lowest BCUT2D eigenvalue weighted by molar-refractivity contribution is -0.973. The molecule has 0 heterocycles. The summed E-state index contributed by atoms with van der Waals surface area (Å²) in [7, 11) is 0.111. The van der Waals surface area contributed by atoms with Gasteiger partial charge in [0.15, 0.2) is 0 Å².